The third-order valence-electron chi connectivity index (χ3n) is 6.80. The summed E-state index contributed by atoms with van der Waals surface area (Å²) in [7, 11) is 1.57. The Balaban J connectivity index is 1.43. The van der Waals surface area contributed by atoms with Crippen LogP contribution in [0.5, 0.6) is 11.6 Å². The molecule has 0 unspecified atom stereocenters. The highest BCUT2D eigenvalue weighted by atomic mass is 35.5. The second-order valence-electron chi connectivity index (χ2n) is 9.22. The first kappa shape index (κ1) is 20.6. The highest BCUT2D eigenvalue weighted by Crippen LogP contribution is 2.51. The Kier molecular flexibility index (Phi) is 4.48. The van der Waals surface area contributed by atoms with Crippen LogP contribution in [0.4, 0.5) is 11.4 Å². The average Bonchev–Trinajstić information content (AvgIpc) is 3.78. The quantitative estimate of drug-likeness (QED) is 0.347. The van der Waals surface area contributed by atoms with Gasteiger partial charge in [-0.25, -0.2) is 4.98 Å². The number of nitrogens with one attached hydrogen (secondary N) is 3. The monoisotopic (exact) mass is 487 g/mol. The molecule has 0 bridgehead atoms. The van der Waals surface area contributed by atoms with E-state index in [4.69, 9.17) is 26.1 Å². The third kappa shape index (κ3) is 3.39. The van der Waals surface area contributed by atoms with Crippen molar-refractivity contribution in [3.8, 4) is 22.9 Å². The van der Waals surface area contributed by atoms with Gasteiger partial charge in [-0.3, -0.25) is 9.78 Å². The Bertz CT molecular complexity index is 1510. The number of carbonyl (C=O) groups excluding carboxylic acids is 1. The van der Waals surface area contributed by atoms with E-state index in [-0.39, 0.29) is 24.0 Å². The SMILES string of the molecule is COc1c(Cl)cccc1Nc1c(-c2ccnc3ccc(OC4CC4)nc23)[nH]c2c1C(=O)N[C@@H]1C[C@H]21. The molecule has 0 spiro atoms. The molecule has 0 radical (unpaired) electrons. The van der Waals surface area contributed by atoms with Crippen molar-refractivity contribution in [1.82, 2.24) is 20.3 Å². The van der Waals surface area contributed by atoms with Crippen molar-refractivity contribution in [2.45, 2.75) is 37.3 Å². The molecule has 4 heterocycles. The van der Waals surface area contributed by atoms with E-state index in [2.05, 4.69) is 20.6 Å². The highest BCUT2D eigenvalue weighted by molar-refractivity contribution is 6.32. The van der Waals surface area contributed by atoms with Gasteiger partial charge in [-0.2, -0.15) is 0 Å². The van der Waals surface area contributed by atoms with Gasteiger partial charge in [0.1, 0.15) is 11.6 Å². The predicted molar refractivity (Wildman–Crippen MR) is 133 cm³/mol. The number of fused-ring (bicyclic) bond motifs is 4. The van der Waals surface area contributed by atoms with Gasteiger partial charge in [-0.15, -0.1) is 0 Å². The van der Waals surface area contributed by atoms with Crippen LogP contribution in [0.15, 0.2) is 42.6 Å². The van der Waals surface area contributed by atoms with Crippen molar-refractivity contribution in [3.63, 3.8) is 0 Å². The Morgan fingerprint density at radius 1 is 1.17 bits per heavy atom. The standard InChI is InChI=1S/C26H22ClN5O3/c1-34-25-15(27)3-2-4-17(25)29-24-20-22(14-11-18(14)30-26(20)33)32-23(24)13-9-10-28-16-7-8-19(31-21(13)16)35-12-5-6-12/h2-4,7-10,12,14,18,29,32H,5-6,11H2,1H3,(H,30,33)/t14-,18+/m0/s1. The fourth-order valence-electron chi connectivity index (χ4n) is 4.86. The lowest BCUT2D eigenvalue weighted by molar-refractivity contribution is 0.0944. The van der Waals surface area contributed by atoms with Crippen LogP contribution in [0, 0.1) is 0 Å². The summed E-state index contributed by atoms with van der Waals surface area (Å²) in [6.07, 6.45) is 5.02. The minimum absolute atomic E-state index is 0.103. The van der Waals surface area contributed by atoms with Gasteiger partial charge in [0.25, 0.3) is 5.91 Å². The van der Waals surface area contributed by atoms with Crippen LogP contribution < -0.4 is 20.1 Å². The van der Waals surface area contributed by atoms with E-state index >= 15 is 0 Å². The largest absolute Gasteiger partial charge is 0.493 e. The summed E-state index contributed by atoms with van der Waals surface area (Å²) in [5.74, 6) is 1.26. The Labute approximate surface area is 206 Å². The number of carbonyl (C=O) groups is 1. The van der Waals surface area contributed by atoms with Crippen LogP contribution in [0.3, 0.4) is 0 Å². The zero-order valence-corrected chi connectivity index (χ0v) is 19.6. The number of methoxy groups -OCH3 is 1. The minimum atomic E-state index is -0.103. The smallest absolute Gasteiger partial charge is 0.255 e. The number of benzene rings is 1. The first-order valence-electron chi connectivity index (χ1n) is 11.7. The number of hydrogen-bond acceptors (Lipinski definition) is 6. The number of ether oxygens (including phenoxy) is 2. The molecule has 8 nitrogen and oxygen atoms in total. The fraction of sp³-hybridized carbons (Fsp3) is 0.269. The molecule has 2 saturated carbocycles. The Morgan fingerprint density at radius 2 is 2.06 bits per heavy atom. The number of halogens is 1. The van der Waals surface area contributed by atoms with E-state index in [1.54, 1.807) is 19.4 Å². The molecular weight excluding hydrogens is 466 g/mol. The lowest BCUT2D eigenvalue weighted by Gasteiger charge is -2.17. The second kappa shape index (κ2) is 7.61. The molecule has 3 aromatic heterocycles. The van der Waals surface area contributed by atoms with E-state index in [1.807, 2.05) is 30.3 Å². The van der Waals surface area contributed by atoms with Gasteiger partial charge in [-0.1, -0.05) is 17.7 Å². The van der Waals surface area contributed by atoms with Gasteiger partial charge in [0, 0.05) is 35.5 Å². The van der Waals surface area contributed by atoms with Crippen LogP contribution in [0.2, 0.25) is 5.02 Å². The summed E-state index contributed by atoms with van der Waals surface area (Å²) in [4.78, 5) is 26.1. The van der Waals surface area contributed by atoms with E-state index in [1.165, 1.54) is 0 Å². The number of anilines is 2. The number of aromatic nitrogens is 3. The maximum Gasteiger partial charge on any atom is 0.255 e. The fourth-order valence-corrected chi connectivity index (χ4v) is 5.11. The van der Waals surface area contributed by atoms with Gasteiger partial charge in [0.05, 0.1) is 40.3 Å². The van der Waals surface area contributed by atoms with Crippen molar-refractivity contribution in [2.75, 3.05) is 12.4 Å². The normalized spacial score (nSPS) is 20.1. The van der Waals surface area contributed by atoms with Crippen LogP contribution in [-0.2, 0) is 0 Å². The molecule has 0 saturated heterocycles. The van der Waals surface area contributed by atoms with Gasteiger partial charge in [0.15, 0.2) is 5.75 Å². The molecule has 2 aliphatic carbocycles. The van der Waals surface area contributed by atoms with Crippen LogP contribution in [0.25, 0.3) is 22.3 Å². The summed E-state index contributed by atoms with van der Waals surface area (Å²) < 4.78 is 11.5. The number of aromatic amines is 1. The predicted octanol–water partition coefficient (Wildman–Crippen LogP) is 5.17. The molecule has 7 rings (SSSR count). The maximum atomic E-state index is 13.2. The molecule has 2 fully saturated rings. The van der Waals surface area contributed by atoms with E-state index in [0.29, 0.717) is 39.1 Å². The van der Waals surface area contributed by atoms with Gasteiger partial charge in [-0.05, 0) is 43.5 Å². The molecule has 2 atom stereocenters. The topological polar surface area (TPSA) is 101 Å². The molecule has 4 aromatic rings. The summed E-state index contributed by atoms with van der Waals surface area (Å²) >= 11 is 6.39. The van der Waals surface area contributed by atoms with Crippen molar-refractivity contribution in [3.05, 3.63) is 58.9 Å². The van der Waals surface area contributed by atoms with Crippen LogP contribution in [0.1, 0.15) is 41.2 Å². The maximum absolute atomic E-state index is 13.2. The van der Waals surface area contributed by atoms with Gasteiger partial charge < -0.3 is 25.1 Å². The van der Waals surface area contributed by atoms with Gasteiger partial charge in [0.2, 0.25) is 5.88 Å². The average molecular weight is 488 g/mol. The molecule has 3 N–H and O–H groups in total. The van der Waals surface area contributed by atoms with Crippen molar-refractivity contribution >= 4 is 39.9 Å². The molecule has 1 aromatic carbocycles. The first-order valence-corrected chi connectivity index (χ1v) is 12.1. The molecule has 176 valence electrons. The molecule has 35 heavy (non-hydrogen) atoms. The molecule has 1 aliphatic heterocycles. The van der Waals surface area contributed by atoms with E-state index in [0.717, 1.165) is 41.7 Å². The number of pyridine rings is 2. The molecule has 9 heteroatoms. The van der Waals surface area contributed by atoms with Crippen LogP contribution >= 0.6 is 11.6 Å². The summed E-state index contributed by atoms with van der Waals surface area (Å²) in [5.41, 5.74) is 5.92. The number of H-pyrrole nitrogens is 1. The van der Waals surface area contributed by atoms with Gasteiger partial charge >= 0.3 is 0 Å². The summed E-state index contributed by atoms with van der Waals surface area (Å²) in [6.45, 7) is 0. The van der Waals surface area contributed by atoms with E-state index < -0.39 is 0 Å². The van der Waals surface area contributed by atoms with Crippen molar-refractivity contribution in [2.24, 2.45) is 0 Å². The zero-order valence-electron chi connectivity index (χ0n) is 18.9. The second-order valence-corrected chi connectivity index (χ2v) is 9.63. The number of nitrogens with zero attached hydrogens (tertiary/aromatic N) is 2. The molecular formula is C26H22ClN5O3. The lowest BCUT2D eigenvalue weighted by atomic mass is 10.0. The van der Waals surface area contributed by atoms with Crippen molar-refractivity contribution in [1.29, 1.82) is 0 Å². The zero-order chi connectivity index (χ0) is 23.7. The van der Waals surface area contributed by atoms with Crippen LogP contribution in [-0.4, -0.2) is 40.1 Å². The third-order valence-corrected chi connectivity index (χ3v) is 7.10. The highest BCUT2D eigenvalue weighted by Gasteiger charge is 2.48. The molecule has 1 amide bonds. The number of amides is 1. The summed E-state index contributed by atoms with van der Waals surface area (Å²) in [5, 5.41) is 7.04. The summed E-state index contributed by atoms with van der Waals surface area (Å²) in [6, 6.07) is 11.4. The number of para-hydroxylation sites is 1. The Hall–Kier alpha value is -3.78. The number of rotatable bonds is 6. The Morgan fingerprint density at radius 3 is 2.89 bits per heavy atom. The lowest BCUT2D eigenvalue weighted by Crippen LogP contribution is -2.31. The first-order chi connectivity index (χ1) is 17.1. The molecule has 3 aliphatic rings. The number of hydrogen-bond donors (Lipinski definition) is 3. The van der Waals surface area contributed by atoms with E-state index in [9.17, 15) is 4.79 Å². The minimum Gasteiger partial charge on any atom is -0.493 e. The van der Waals surface area contributed by atoms with Crippen molar-refractivity contribution < 1.29 is 14.3 Å².